The summed E-state index contributed by atoms with van der Waals surface area (Å²) in [5.74, 6) is 1.35. The van der Waals surface area contributed by atoms with Crippen molar-refractivity contribution in [2.45, 2.75) is 27.7 Å². The number of hydrogen-bond acceptors (Lipinski definition) is 5. The van der Waals surface area contributed by atoms with Crippen molar-refractivity contribution in [2.24, 2.45) is 0 Å². The molecule has 0 radical (unpaired) electrons. The maximum atomic E-state index is 5.96. The predicted octanol–water partition coefficient (Wildman–Crippen LogP) is 2.27. The number of hydrogen-bond donors (Lipinski definition) is 0. The van der Waals surface area contributed by atoms with Gasteiger partial charge in [-0.2, -0.15) is 0 Å². The van der Waals surface area contributed by atoms with Crippen LogP contribution >= 0.6 is 0 Å². The summed E-state index contributed by atoms with van der Waals surface area (Å²) in [6.45, 7) is 9.23. The van der Waals surface area contributed by atoms with Gasteiger partial charge in [-0.1, -0.05) is 0 Å². The summed E-state index contributed by atoms with van der Waals surface area (Å²) in [5, 5.41) is 0.753. The van der Waals surface area contributed by atoms with Crippen molar-refractivity contribution in [2.75, 3.05) is 34.0 Å². The van der Waals surface area contributed by atoms with Gasteiger partial charge in [-0.15, -0.1) is 0 Å². The Kier molecular flexibility index (Phi) is 7.17. The number of aryl methyl sites for hydroxylation is 1. The zero-order chi connectivity index (χ0) is 15.9. The van der Waals surface area contributed by atoms with Crippen LogP contribution in [0.5, 0.6) is 11.5 Å². The number of benzene rings is 1. The van der Waals surface area contributed by atoms with E-state index in [2.05, 4.69) is 0 Å². The van der Waals surface area contributed by atoms with E-state index in [0.29, 0.717) is 31.3 Å². The fourth-order valence-electron chi connectivity index (χ4n) is 2.26. The Morgan fingerprint density at radius 1 is 0.810 bits per heavy atom. The Labute approximate surface area is 128 Å². The quantitative estimate of drug-likeness (QED) is 0.654. The van der Waals surface area contributed by atoms with Crippen LogP contribution in [0, 0.1) is 6.92 Å². The Balaban J connectivity index is 3.53. The van der Waals surface area contributed by atoms with E-state index < -0.39 is 8.80 Å². The Morgan fingerprint density at radius 2 is 1.19 bits per heavy atom. The van der Waals surface area contributed by atoms with Gasteiger partial charge in [0.25, 0.3) is 0 Å². The fourth-order valence-corrected chi connectivity index (χ4v) is 5.03. The SMILES string of the molecule is CCO[Si](OCC)(OCC)c1c(OC)cc(C)cc1OC. The third-order valence-corrected chi connectivity index (χ3v) is 6.07. The lowest BCUT2D eigenvalue weighted by molar-refractivity contribution is 0.0848. The molecule has 0 aliphatic rings. The van der Waals surface area contributed by atoms with Crippen molar-refractivity contribution in [1.82, 2.24) is 0 Å². The lowest BCUT2D eigenvalue weighted by Crippen LogP contribution is -2.57. The van der Waals surface area contributed by atoms with Crippen molar-refractivity contribution in [3.05, 3.63) is 17.7 Å². The lowest BCUT2D eigenvalue weighted by atomic mass is 10.2. The molecule has 1 aromatic rings. The molecule has 0 N–H and O–H groups in total. The summed E-state index contributed by atoms with van der Waals surface area (Å²) < 4.78 is 28.9. The van der Waals surface area contributed by atoms with Gasteiger partial charge < -0.3 is 22.8 Å². The van der Waals surface area contributed by atoms with Crippen molar-refractivity contribution in [3.63, 3.8) is 0 Å². The van der Waals surface area contributed by atoms with Crippen LogP contribution in [0.15, 0.2) is 12.1 Å². The van der Waals surface area contributed by atoms with Crippen LogP contribution in [-0.2, 0) is 13.3 Å². The fraction of sp³-hybridized carbons (Fsp3) is 0.600. The minimum absolute atomic E-state index is 0.492. The van der Waals surface area contributed by atoms with E-state index in [-0.39, 0.29) is 0 Å². The smallest absolute Gasteiger partial charge is 0.496 e. The summed E-state index contributed by atoms with van der Waals surface area (Å²) in [7, 11) is 0.176. The van der Waals surface area contributed by atoms with E-state index in [1.807, 2.05) is 39.8 Å². The van der Waals surface area contributed by atoms with Gasteiger partial charge in [0.05, 0.1) is 14.2 Å². The lowest BCUT2D eigenvalue weighted by Gasteiger charge is -2.31. The third-order valence-electron chi connectivity index (χ3n) is 2.96. The molecule has 0 aliphatic heterocycles. The highest BCUT2D eigenvalue weighted by atomic mass is 28.4. The predicted molar refractivity (Wildman–Crippen MR) is 84.5 cm³/mol. The summed E-state index contributed by atoms with van der Waals surface area (Å²) in [6.07, 6.45) is 0. The van der Waals surface area contributed by atoms with Crippen LogP contribution in [0.1, 0.15) is 26.3 Å². The first-order valence-corrected chi connectivity index (χ1v) is 8.95. The van der Waals surface area contributed by atoms with Gasteiger partial charge in [0.1, 0.15) is 16.7 Å². The van der Waals surface area contributed by atoms with Crippen LogP contribution in [0.4, 0.5) is 0 Å². The average Bonchev–Trinajstić information content (AvgIpc) is 2.46. The van der Waals surface area contributed by atoms with Gasteiger partial charge in [0.15, 0.2) is 0 Å². The van der Waals surface area contributed by atoms with Crippen LogP contribution in [0.3, 0.4) is 0 Å². The molecule has 0 amide bonds. The molecule has 0 bridgehead atoms. The van der Waals surface area contributed by atoms with Gasteiger partial charge in [-0.3, -0.25) is 0 Å². The van der Waals surface area contributed by atoms with Crippen molar-refractivity contribution >= 4 is 14.0 Å². The first kappa shape index (κ1) is 18.0. The Morgan fingerprint density at radius 3 is 1.48 bits per heavy atom. The van der Waals surface area contributed by atoms with Crippen LogP contribution in [0.25, 0.3) is 0 Å². The highest BCUT2D eigenvalue weighted by Crippen LogP contribution is 2.26. The van der Waals surface area contributed by atoms with Gasteiger partial charge in [0.2, 0.25) is 0 Å². The largest absolute Gasteiger partial charge is 0.544 e. The molecular weight excluding hydrogens is 288 g/mol. The molecule has 0 aliphatic carbocycles. The molecule has 0 unspecified atom stereocenters. The molecule has 120 valence electrons. The maximum Gasteiger partial charge on any atom is 0.544 e. The molecule has 5 nitrogen and oxygen atoms in total. The van der Waals surface area contributed by atoms with Gasteiger partial charge in [-0.05, 0) is 45.4 Å². The van der Waals surface area contributed by atoms with Crippen molar-refractivity contribution < 1.29 is 22.8 Å². The molecule has 0 heterocycles. The summed E-state index contributed by atoms with van der Waals surface area (Å²) in [5.41, 5.74) is 1.04. The minimum atomic E-state index is -3.08. The van der Waals surface area contributed by atoms with Gasteiger partial charge in [0, 0.05) is 19.8 Å². The van der Waals surface area contributed by atoms with E-state index >= 15 is 0 Å². The topological polar surface area (TPSA) is 46.2 Å². The van der Waals surface area contributed by atoms with Crippen LogP contribution in [-0.4, -0.2) is 42.8 Å². The van der Waals surface area contributed by atoms with Crippen molar-refractivity contribution in [1.29, 1.82) is 0 Å². The van der Waals surface area contributed by atoms with E-state index in [9.17, 15) is 0 Å². The summed E-state index contributed by atoms with van der Waals surface area (Å²) in [6, 6.07) is 3.88. The molecule has 1 aromatic carbocycles. The van der Waals surface area contributed by atoms with E-state index in [1.54, 1.807) is 14.2 Å². The molecule has 0 atom stereocenters. The van der Waals surface area contributed by atoms with E-state index in [4.69, 9.17) is 22.8 Å². The van der Waals surface area contributed by atoms with Gasteiger partial charge in [-0.25, -0.2) is 0 Å². The molecular formula is C15H26O5Si. The molecule has 0 saturated heterocycles. The third kappa shape index (κ3) is 3.97. The standard InChI is InChI=1S/C15H26O5Si/c1-7-18-21(19-8-2,20-9-3)15-13(16-5)10-12(4)11-14(15)17-6/h10-11H,7-9H2,1-6H3. The zero-order valence-electron chi connectivity index (χ0n) is 13.8. The molecule has 0 saturated carbocycles. The molecule has 1 rings (SSSR count). The average molecular weight is 314 g/mol. The van der Waals surface area contributed by atoms with Crippen molar-refractivity contribution in [3.8, 4) is 11.5 Å². The maximum absolute atomic E-state index is 5.96. The highest BCUT2D eigenvalue weighted by molar-refractivity contribution is 6.77. The van der Waals surface area contributed by atoms with Crippen LogP contribution < -0.4 is 14.7 Å². The first-order chi connectivity index (χ1) is 10.1. The number of rotatable bonds is 9. The molecule has 6 heteroatoms. The molecule has 0 spiro atoms. The zero-order valence-corrected chi connectivity index (χ0v) is 14.8. The van der Waals surface area contributed by atoms with E-state index in [0.717, 1.165) is 10.8 Å². The normalized spacial score (nSPS) is 11.5. The first-order valence-electron chi connectivity index (χ1n) is 7.23. The number of ether oxygens (including phenoxy) is 2. The summed E-state index contributed by atoms with van der Waals surface area (Å²) in [4.78, 5) is 0. The minimum Gasteiger partial charge on any atom is -0.496 e. The summed E-state index contributed by atoms with van der Waals surface area (Å²) >= 11 is 0. The van der Waals surface area contributed by atoms with Crippen LogP contribution in [0.2, 0.25) is 0 Å². The van der Waals surface area contributed by atoms with E-state index in [1.165, 1.54) is 0 Å². The number of methoxy groups -OCH3 is 2. The monoisotopic (exact) mass is 314 g/mol. The Hall–Kier alpha value is -1.08. The second-order valence-corrected chi connectivity index (χ2v) is 6.88. The second kappa shape index (κ2) is 8.38. The highest BCUT2D eigenvalue weighted by Gasteiger charge is 2.48. The second-order valence-electron chi connectivity index (χ2n) is 4.40. The molecule has 21 heavy (non-hydrogen) atoms. The Bertz CT molecular complexity index is 408. The molecule has 0 aromatic heterocycles. The van der Waals surface area contributed by atoms with Gasteiger partial charge >= 0.3 is 8.80 Å². The molecule has 0 fully saturated rings.